The molecule has 0 aromatic heterocycles. The van der Waals surface area contributed by atoms with Crippen molar-refractivity contribution in [3.05, 3.63) is 11.6 Å². The van der Waals surface area contributed by atoms with Crippen LogP contribution in [0.4, 0.5) is 0 Å². The molecule has 9 heavy (non-hydrogen) atoms. The first-order valence-electron chi connectivity index (χ1n) is 3.16. The summed E-state index contributed by atoms with van der Waals surface area (Å²) in [5.74, 6) is 0.102. The summed E-state index contributed by atoms with van der Waals surface area (Å²) < 4.78 is 0. The van der Waals surface area contributed by atoms with Gasteiger partial charge in [-0.2, -0.15) is 0 Å². The SMILES string of the molecule is CCC1=CC(O)CC1=O. The lowest BCUT2D eigenvalue weighted by molar-refractivity contribution is -0.115. The first-order valence-corrected chi connectivity index (χ1v) is 3.16. The third kappa shape index (κ3) is 1.19. The summed E-state index contributed by atoms with van der Waals surface area (Å²) in [5, 5.41) is 8.90. The first-order chi connectivity index (χ1) is 4.24. The second kappa shape index (κ2) is 2.31. The number of ketones is 1. The van der Waals surface area contributed by atoms with E-state index in [1.165, 1.54) is 0 Å². The van der Waals surface area contributed by atoms with E-state index in [0.29, 0.717) is 6.42 Å². The normalized spacial score (nSPS) is 26.7. The van der Waals surface area contributed by atoms with Crippen molar-refractivity contribution in [1.82, 2.24) is 0 Å². The largest absolute Gasteiger partial charge is 0.389 e. The van der Waals surface area contributed by atoms with Crippen LogP contribution in [0.15, 0.2) is 11.6 Å². The van der Waals surface area contributed by atoms with Gasteiger partial charge in [-0.15, -0.1) is 0 Å². The summed E-state index contributed by atoms with van der Waals surface area (Å²) in [7, 11) is 0. The minimum absolute atomic E-state index is 0.102. The Morgan fingerprint density at radius 1 is 1.89 bits per heavy atom. The van der Waals surface area contributed by atoms with Crippen LogP contribution in [0, 0.1) is 0 Å². The molecule has 1 aliphatic carbocycles. The molecular formula is C7H10O2. The third-order valence-corrected chi connectivity index (χ3v) is 1.53. The van der Waals surface area contributed by atoms with Crippen LogP contribution >= 0.6 is 0 Å². The minimum atomic E-state index is -0.507. The first kappa shape index (κ1) is 6.49. The van der Waals surface area contributed by atoms with E-state index in [9.17, 15) is 4.79 Å². The Morgan fingerprint density at radius 2 is 2.56 bits per heavy atom. The maximum absolute atomic E-state index is 10.8. The molecule has 50 valence electrons. The molecule has 2 heteroatoms. The van der Waals surface area contributed by atoms with Crippen molar-refractivity contribution in [2.75, 3.05) is 0 Å². The molecule has 0 heterocycles. The van der Waals surface area contributed by atoms with Gasteiger partial charge in [0.1, 0.15) is 0 Å². The number of hydrogen-bond acceptors (Lipinski definition) is 2. The molecule has 0 amide bonds. The fourth-order valence-corrected chi connectivity index (χ4v) is 1.02. The van der Waals surface area contributed by atoms with Gasteiger partial charge in [-0.3, -0.25) is 4.79 Å². The highest BCUT2D eigenvalue weighted by molar-refractivity contribution is 5.98. The van der Waals surface area contributed by atoms with Gasteiger partial charge in [0.05, 0.1) is 6.10 Å². The summed E-state index contributed by atoms with van der Waals surface area (Å²) in [6.45, 7) is 1.92. The van der Waals surface area contributed by atoms with Crippen LogP contribution < -0.4 is 0 Å². The molecule has 0 spiro atoms. The van der Waals surface area contributed by atoms with Crippen molar-refractivity contribution in [3.63, 3.8) is 0 Å². The second-order valence-electron chi connectivity index (χ2n) is 2.24. The number of aliphatic hydroxyl groups is 1. The summed E-state index contributed by atoms with van der Waals surface area (Å²) >= 11 is 0. The topological polar surface area (TPSA) is 37.3 Å². The number of aliphatic hydroxyl groups excluding tert-OH is 1. The zero-order valence-electron chi connectivity index (χ0n) is 5.42. The fourth-order valence-electron chi connectivity index (χ4n) is 1.02. The van der Waals surface area contributed by atoms with Crippen LogP contribution in [0.2, 0.25) is 0 Å². The molecule has 1 unspecified atom stereocenters. The number of rotatable bonds is 1. The van der Waals surface area contributed by atoms with E-state index in [0.717, 1.165) is 12.0 Å². The van der Waals surface area contributed by atoms with Crippen molar-refractivity contribution in [2.24, 2.45) is 0 Å². The number of allylic oxidation sites excluding steroid dienone is 1. The second-order valence-corrected chi connectivity index (χ2v) is 2.24. The average molecular weight is 126 g/mol. The predicted molar refractivity (Wildman–Crippen MR) is 34.0 cm³/mol. The van der Waals surface area contributed by atoms with Crippen LogP contribution in [0.3, 0.4) is 0 Å². The van der Waals surface area contributed by atoms with Crippen LogP contribution in [-0.4, -0.2) is 17.0 Å². The highest BCUT2D eigenvalue weighted by Gasteiger charge is 2.19. The zero-order chi connectivity index (χ0) is 6.85. The molecule has 0 radical (unpaired) electrons. The van der Waals surface area contributed by atoms with Gasteiger partial charge in [0.25, 0.3) is 0 Å². The van der Waals surface area contributed by atoms with E-state index in [1.807, 2.05) is 6.92 Å². The highest BCUT2D eigenvalue weighted by atomic mass is 16.3. The van der Waals surface area contributed by atoms with Gasteiger partial charge < -0.3 is 5.11 Å². The predicted octanol–water partition coefficient (Wildman–Crippen LogP) is 0.657. The molecule has 1 rings (SSSR count). The quantitative estimate of drug-likeness (QED) is 0.560. The molecule has 1 aliphatic rings. The third-order valence-electron chi connectivity index (χ3n) is 1.53. The Morgan fingerprint density at radius 3 is 2.78 bits per heavy atom. The van der Waals surface area contributed by atoms with Crippen molar-refractivity contribution in [3.8, 4) is 0 Å². The smallest absolute Gasteiger partial charge is 0.161 e. The summed E-state index contributed by atoms with van der Waals surface area (Å²) in [6.07, 6.45) is 2.17. The Bertz CT molecular complexity index is 158. The van der Waals surface area contributed by atoms with Gasteiger partial charge in [-0.1, -0.05) is 6.92 Å². The number of carbonyl (C=O) groups excluding carboxylic acids is 1. The lowest BCUT2D eigenvalue weighted by Gasteiger charge is -1.89. The number of hydrogen-bond donors (Lipinski definition) is 1. The molecule has 0 saturated carbocycles. The maximum atomic E-state index is 10.8. The lowest BCUT2D eigenvalue weighted by atomic mass is 10.2. The van der Waals surface area contributed by atoms with E-state index in [2.05, 4.69) is 0 Å². The Kier molecular flexibility index (Phi) is 1.67. The summed E-state index contributed by atoms with van der Waals surface area (Å²) in [5.41, 5.74) is 0.780. The van der Waals surface area contributed by atoms with Crippen LogP contribution in [-0.2, 0) is 4.79 Å². The van der Waals surface area contributed by atoms with Crippen molar-refractivity contribution >= 4 is 5.78 Å². The standard InChI is InChI=1S/C7H10O2/c1-2-5-3-6(8)4-7(5)9/h3,6,8H,2,4H2,1H3. The molecule has 0 saturated heterocycles. The van der Waals surface area contributed by atoms with Gasteiger partial charge in [0.15, 0.2) is 5.78 Å². The van der Waals surface area contributed by atoms with Crippen LogP contribution in [0.1, 0.15) is 19.8 Å². The van der Waals surface area contributed by atoms with Crippen molar-refractivity contribution in [1.29, 1.82) is 0 Å². The molecule has 1 atom stereocenters. The number of carbonyl (C=O) groups is 1. The molecule has 0 fully saturated rings. The Labute approximate surface area is 54.2 Å². The molecule has 2 nitrogen and oxygen atoms in total. The zero-order valence-corrected chi connectivity index (χ0v) is 5.42. The molecule has 0 bridgehead atoms. The van der Waals surface area contributed by atoms with E-state index < -0.39 is 6.10 Å². The lowest BCUT2D eigenvalue weighted by Crippen LogP contribution is -2.00. The molecule has 0 aromatic carbocycles. The Hall–Kier alpha value is -0.630. The molecule has 1 N–H and O–H groups in total. The van der Waals surface area contributed by atoms with Gasteiger partial charge in [0, 0.05) is 6.42 Å². The van der Waals surface area contributed by atoms with Gasteiger partial charge in [-0.05, 0) is 18.1 Å². The van der Waals surface area contributed by atoms with Crippen LogP contribution in [0.5, 0.6) is 0 Å². The molecule has 0 aliphatic heterocycles. The summed E-state index contributed by atoms with van der Waals surface area (Å²) in [6, 6.07) is 0. The van der Waals surface area contributed by atoms with E-state index in [-0.39, 0.29) is 5.78 Å². The fraction of sp³-hybridized carbons (Fsp3) is 0.571. The summed E-state index contributed by atoms with van der Waals surface area (Å²) in [4.78, 5) is 10.8. The average Bonchev–Trinajstić information content (AvgIpc) is 2.10. The highest BCUT2D eigenvalue weighted by Crippen LogP contribution is 2.16. The van der Waals surface area contributed by atoms with E-state index in [1.54, 1.807) is 6.08 Å². The van der Waals surface area contributed by atoms with Gasteiger partial charge in [-0.25, -0.2) is 0 Å². The van der Waals surface area contributed by atoms with Gasteiger partial charge in [0.2, 0.25) is 0 Å². The van der Waals surface area contributed by atoms with Crippen LogP contribution in [0.25, 0.3) is 0 Å². The van der Waals surface area contributed by atoms with E-state index in [4.69, 9.17) is 5.11 Å². The van der Waals surface area contributed by atoms with Crippen molar-refractivity contribution in [2.45, 2.75) is 25.9 Å². The van der Waals surface area contributed by atoms with Crippen molar-refractivity contribution < 1.29 is 9.90 Å². The van der Waals surface area contributed by atoms with E-state index >= 15 is 0 Å². The monoisotopic (exact) mass is 126 g/mol. The Balaban J connectivity index is 2.68. The maximum Gasteiger partial charge on any atom is 0.161 e. The molecule has 0 aromatic rings. The molecular weight excluding hydrogens is 116 g/mol. The minimum Gasteiger partial charge on any atom is -0.389 e. The van der Waals surface area contributed by atoms with Gasteiger partial charge >= 0.3 is 0 Å². The number of Topliss-reactive ketones (excluding diaryl/α,β-unsaturated/α-hetero) is 1.